The summed E-state index contributed by atoms with van der Waals surface area (Å²) < 4.78 is 7.96. The number of anilines is 1. The minimum Gasteiger partial charge on any atom is -0.368 e. The normalized spacial score (nSPS) is 19.0. The number of ether oxygens (including phenoxy) is 1. The van der Waals surface area contributed by atoms with Crippen LogP contribution in [0.1, 0.15) is 11.8 Å². The molecule has 0 aliphatic carbocycles. The van der Waals surface area contributed by atoms with Crippen LogP contribution in [0.25, 0.3) is 5.52 Å². The van der Waals surface area contributed by atoms with E-state index in [9.17, 15) is 0 Å². The first-order valence-electron chi connectivity index (χ1n) is 7.11. The highest BCUT2D eigenvalue weighted by Gasteiger charge is 2.24. The molecule has 0 N–H and O–H groups in total. The van der Waals surface area contributed by atoms with Crippen molar-refractivity contribution in [3.8, 4) is 0 Å². The summed E-state index contributed by atoms with van der Waals surface area (Å²) in [7, 11) is 0. The average molecular weight is 280 g/mol. The molecule has 21 heavy (non-hydrogen) atoms. The van der Waals surface area contributed by atoms with Gasteiger partial charge in [0.05, 0.1) is 24.4 Å². The zero-order valence-electron chi connectivity index (χ0n) is 11.6. The summed E-state index contributed by atoms with van der Waals surface area (Å²) in [5.74, 6) is 1.01. The fourth-order valence-electron chi connectivity index (χ4n) is 2.79. The van der Waals surface area contributed by atoms with Gasteiger partial charge in [-0.3, -0.25) is 4.98 Å². The van der Waals surface area contributed by atoms with Crippen molar-refractivity contribution in [2.24, 2.45) is 0 Å². The molecular weight excluding hydrogens is 264 g/mol. The molecule has 0 amide bonds. The lowest BCUT2D eigenvalue weighted by Gasteiger charge is -2.33. The van der Waals surface area contributed by atoms with Gasteiger partial charge in [0.2, 0.25) is 0 Å². The number of pyridine rings is 1. The molecule has 1 unspecified atom stereocenters. The number of rotatable bonds is 2. The third-order valence-corrected chi connectivity index (χ3v) is 3.82. The minimum atomic E-state index is -0.00281. The number of morpholine rings is 1. The Bertz CT molecular complexity index is 740. The molecule has 4 rings (SSSR count). The average Bonchev–Trinajstić information content (AvgIpc) is 3.04. The van der Waals surface area contributed by atoms with E-state index < -0.39 is 0 Å². The van der Waals surface area contributed by atoms with Crippen LogP contribution < -0.4 is 4.90 Å². The van der Waals surface area contributed by atoms with Crippen LogP contribution >= 0.6 is 0 Å². The maximum absolute atomic E-state index is 5.87. The van der Waals surface area contributed by atoms with Crippen LogP contribution in [-0.2, 0) is 4.74 Å². The summed E-state index contributed by atoms with van der Waals surface area (Å²) in [6.07, 6.45) is 7.65. The molecule has 3 aromatic heterocycles. The SMILES string of the molecule is c1ccc(C2CN(c3nccn4cccc34)CCO2)nc1. The van der Waals surface area contributed by atoms with Crippen molar-refractivity contribution in [1.29, 1.82) is 0 Å². The number of nitrogens with zero attached hydrogens (tertiary/aromatic N) is 4. The molecule has 0 radical (unpaired) electrons. The van der Waals surface area contributed by atoms with Gasteiger partial charge in [-0.2, -0.15) is 0 Å². The van der Waals surface area contributed by atoms with E-state index in [0.717, 1.165) is 30.1 Å². The van der Waals surface area contributed by atoms with Crippen LogP contribution in [0.4, 0.5) is 5.82 Å². The van der Waals surface area contributed by atoms with E-state index in [1.165, 1.54) is 0 Å². The molecule has 1 aliphatic heterocycles. The van der Waals surface area contributed by atoms with Crippen molar-refractivity contribution in [3.63, 3.8) is 0 Å². The number of hydrogen-bond acceptors (Lipinski definition) is 4. The summed E-state index contributed by atoms with van der Waals surface area (Å²) in [5, 5.41) is 0. The first kappa shape index (κ1) is 12.3. The lowest BCUT2D eigenvalue weighted by Crippen LogP contribution is -2.39. The van der Waals surface area contributed by atoms with Crippen LogP contribution in [-0.4, -0.2) is 34.1 Å². The van der Waals surface area contributed by atoms with Crippen molar-refractivity contribution >= 4 is 11.3 Å². The lowest BCUT2D eigenvalue weighted by atomic mass is 10.2. The number of fused-ring (bicyclic) bond motifs is 1. The van der Waals surface area contributed by atoms with Crippen LogP contribution in [0, 0.1) is 0 Å². The van der Waals surface area contributed by atoms with Crippen LogP contribution in [0.5, 0.6) is 0 Å². The number of hydrogen-bond donors (Lipinski definition) is 0. The van der Waals surface area contributed by atoms with Gasteiger partial charge in [-0.25, -0.2) is 4.98 Å². The molecule has 5 nitrogen and oxygen atoms in total. The zero-order chi connectivity index (χ0) is 14.1. The Balaban J connectivity index is 1.65. The van der Waals surface area contributed by atoms with E-state index in [-0.39, 0.29) is 6.10 Å². The van der Waals surface area contributed by atoms with Gasteiger partial charge in [0.1, 0.15) is 6.10 Å². The fourth-order valence-corrected chi connectivity index (χ4v) is 2.79. The Kier molecular flexibility index (Phi) is 3.05. The van der Waals surface area contributed by atoms with Crippen molar-refractivity contribution in [1.82, 2.24) is 14.4 Å². The van der Waals surface area contributed by atoms with Gasteiger partial charge in [0.15, 0.2) is 5.82 Å². The summed E-state index contributed by atoms with van der Waals surface area (Å²) in [5.41, 5.74) is 2.10. The van der Waals surface area contributed by atoms with Gasteiger partial charge in [-0.05, 0) is 24.3 Å². The van der Waals surface area contributed by atoms with E-state index in [2.05, 4.69) is 25.3 Å². The van der Waals surface area contributed by atoms with Gasteiger partial charge in [-0.1, -0.05) is 6.07 Å². The molecular formula is C16H16N4O. The molecule has 1 fully saturated rings. The second kappa shape index (κ2) is 5.18. The Labute approximate surface area is 122 Å². The first-order chi connectivity index (χ1) is 10.4. The van der Waals surface area contributed by atoms with Crippen molar-refractivity contribution < 1.29 is 4.74 Å². The molecule has 3 aromatic rings. The van der Waals surface area contributed by atoms with Gasteiger partial charge in [-0.15, -0.1) is 0 Å². The highest BCUT2D eigenvalue weighted by Crippen LogP contribution is 2.26. The highest BCUT2D eigenvalue weighted by atomic mass is 16.5. The van der Waals surface area contributed by atoms with Gasteiger partial charge in [0, 0.05) is 31.3 Å². The minimum absolute atomic E-state index is 0.00281. The quantitative estimate of drug-likeness (QED) is 0.722. The summed E-state index contributed by atoms with van der Waals surface area (Å²) >= 11 is 0. The third-order valence-electron chi connectivity index (χ3n) is 3.82. The summed E-state index contributed by atoms with van der Waals surface area (Å²) in [6.45, 7) is 2.31. The molecule has 0 bridgehead atoms. The van der Waals surface area contributed by atoms with Crippen LogP contribution in [0.3, 0.4) is 0 Å². The second-order valence-corrected chi connectivity index (χ2v) is 5.11. The van der Waals surface area contributed by atoms with E-state index in [1.807, 2.05) is 49.1 Å². The second-order valence-electron chi connectivity index (χ2n) is 5.11. The summed E-state index contributed by atoms with van der Waals surface area (Å²) in [6, 6.07) is 10.1. The maximum Gasteiger partial charge on any atom is 0.153 e. The number of aromatic nitrogens is 3. The Morgan fingerprint density at radius 2 is 2.05 bits per heavy atom. The third kappa shape index (κ3) is 2.25. The van der Waals surface area contributed by atoms with E-state index in [4.69, 9.17) is 4.74 Å². The van der Waals surface area contributed by atoms with Crippen LogP contribution in [0.15, 0.2) is 55.1 Å². The largest absolute Gasteiger partial charge is 0.368 e. The van der Waals surface area contributed by atoms with Crippen molar-refractivity contribution in [2.45, 2.75) is 6.10 Å². The predicted octanol–water partition coefficient (Wildman–Crippen LogP) is 2.31. The lowest BCUT2D eigenvalue weighted by molar-refractivity contribution is 0.0368. The molecule has 0 saturated carbocycles. The van der Waals surface area contributed by atoms with Crippen molar-refractivity contribution in [2.75, 3.05) is 24.6 Å². The van der Waals surface area contributed by atoms with E-state index >= 15 is 0 Å². The smallest absolute Gasteiger partial charge is 0.153 e. The maximum atomic E-state index is 5.87. The van der Waals surface area contributed by atoms with Gasteiger partial charge in [0.25, 0.3) is 0 Å². The first-order valence-corrected chi connectivity index (χ1v) is 7.11. The monoisotopic (exact) mass is 280 g/mol. The Morgan fingerprint density at radius 3 is 2.95 bits per heavy atom. The molecule has 1 aliphatic rings. The molecule has 4 heterocycles. The summed E-state index contributed by atoms with van der Waals surface area (Å²) in [4.78, 5) is 11.2. The molecule has 1 atom stereocenters. The van der Waals surface area contributed by atoms with E-state index in [0.29, 0.717) is 6.61 Å². The predicted molar refractivity (Wildman–Crippen MR) is 80.3 cm³/mol. The standard InChI is InChI=1S/C16H16N4O/c1-2-6-17-13(4-1)15-12-20(10-11-21-15)16-14-5-3-8-19(14)9-7-18-16/h1-9,15H,10-12H2. The topological polar surface area (TPSA) is 42.7 Å². The molecule has 106 valence electrons. The van der Waals surface area contributed by atoms with Crippen LogP contribution in [0.2, 0.25) is 0 Å². The molecule has 1 saturated heterocycles. The Morgan fingerprint density at radius 1 is 1.05 bits per heavy atom. The molecule has 0 spiro atoms. The van der Waals surface area contributed by atoms with Gasteiger partial charge < -0.3 is 14.0 Å². The zero-order valence-corrected chi connectivity index (χ0v) is 11.6. The fraction of sp³-hybridized carbons (Fsp3) is 0.250. The Hall–Kier alpha value is -2.40. The highest BCUT2D eigenvalue weighted by molar-refractivity contribution is 5.69. The van der Waals surface area contributed by atoms with Gasteiger partial charge >= 0.3 is 0 Å². The van der Waals surface area contributed by atoms with Crippen molar-refractivity contribution in [3.05, 3.63) is 60.8 Å². The van der Waals surface area contributed by atoms with E-state index in [1.54, 1.807) is 0 Å². The molecule has 5 heteroatoms. The molecule has 0 aromatic carbocycles.